The summed E-state index contributed by atoms with van der Waals surface area (Å²) in [7, 11) is 0. The summed E-state index contributed by atoms with van der Waals surface area (Å²) in [4.78, 5) is 24.2. The van der Waals surface area contributed by atoms with E-state index >= 15 is 0 Å². The fourth-order valence-electron chi connectivity index (χ4n) is 2.65. The first-order valence-corrected chi connectivity index (χ1v) is 7.00. The largest absolute Gasteiger partial charge is 0.294 e. The third-order valence-electron chi connectivity index (χ3n) is 3.73. The number of allylic oxidation sites excluding steroid dienone is 1. The lowest BCUT2D eigenvalue weighted by Crippen LogP contribution is -2.22. The maximum absolute atomic E-state index is 12.5. The van der Waals surface area contributed by atoms with Gasteiger partial charge in [0.25, 0.3) is 0 Å². The predicted octanol–water partition coefficient (Wildman–Crippen LogP) is 3.81. The Morgan fingerprint density at radius 3 is 2.26 bits per heavy atom. The van der Waals surface area contributed by atoms with Gasteiger partial charge in [-0.2, -0.15) is 0 Å². The molecule has 0 heterocycles. The van der Waals surface area contributed by atoms with Gasteiger partial charge < -0.3 is 0 Å². The number of carbonyl (C=O) groups excluding carboxylic acids is 2. The van der Waals surface area contributed by atoms with Gasteiger partial charge in [0.2, 0.25) is 0 Å². The van der Waals surface area contributed by atoms with E-state index < -0.39 is 0 Å². The van der Waals surface area contributed by atoms with Gasteiger partial charge in [-0.1, -0.05) is 49.6 Å². The van der Waals surface area contributed by atoms with E-state index in [4.69, 9.17) is 0 Å². The molecule has 0 bridgehead atoms. The van der Waals surface area contributed by atoms with Gasteiger partial charge in [0.05, 0.1) is 5.57 Å². The number of Topliss-reactive ketones (excluding diaryl/α,β-unsaturated/α-hetero) is 2. The SMILES string of the molecule is CC(=O)C(=Cc1ccccc1)C(=O)C1CCCCC1. The number of carbonyl (C=O) groups is 2. The van der Waals surface area contributed by atoms with E-state index in [0.717, 1.165) is 31.2 Å². The molecule has 0 aliphatic heterocycles. The highest BCUT2D eigenvalue weighted by Gasteiger charge is 2.25. The van der Waals surface area contributed by atoms with Crippen LogP contribution in [0, 0.1) is 5.92 Å². The second kappa shape index (κ2) is 6.46. The third-order valence-corrected chi connectivity index (χ3v) is 3.73. The Balaban J connectivity index is 2.22. The fourth-order valence-corrected chi connectivity index (χ4v) is 2.65. The van der Waals surface area contributed by atoms with Gasteiger partial charge in [0.1, 0.15) is 0 Å². The van der Waals surface area contributed by atoms with Crippen molar-refractivity contribution in [2.75, 3.05) is 0 Å². The Labute approximate surface area is 114 Å². The normalized spacial score (nSPS) is 17.2. The quantitative estimate of drug-likeness (QED) is 0.466. The molecule has 1 fully saturated rings. The molecule has 1 aliphatic carbocycles. The van der Waals surface area contributed by atoms with Gasteiger partial charge >= 0.3 is 0 Å². The Bertz CT molecular complexity index is 479. The standard InChI is InChI=1S/C17H20O2/c1-13(18)16(12-14-8-4-2-5-9-14)17(19)15-10-6-3-7-11-15/h2,4-5,8-9,12,15H,3,6-7,10-11H2,1H3. The van der Waals surface area contributed by atoms with E-state index in [1.165, 1.54) is 13.3 Å². The Kier molecular flexibility index (Phi) is 4.67. The van der Waals surface area contributed by atoms with Crippen molar-refractivity contribution >= 4 is 17.6 Å². The lowest BCUT2D eigenvalue weighted by Gasteiger charge is -2.20. The molecule has 19 heavy (non-hydrogen) atoms. The van der Waals surface area contributed by atoms with Crippen molar-refractivity contribution in [1.29, 1.82) is 0 Å². The smallest absolute Gasteiger partial charge is 0.169 e. The van der Waals surface area contributed by atoms with Crippen LogP contribution < -0.4 is 0 Å². The summed E-state index contributed by atoms with van der Waals surface area (Å²) in [6.45, 7) is 1.48. The van der Waals surface area contributed by atoms with Crippen LogP contribution in [0.15, 0.2) is 35.9 Å². The minimum atomic E-state index is -0.126. The summed E-state index contributed by atoms with van der Waals surface area (Å²) in [5.41, 5.74) is 1.27. The maximum atomic E-state index is 12.5. The number of hydrogen-bond donors (Lipinski definition) is 0. The van der Waals surface area contributed by atoms with Crippen LogP contribution in [-0.4, -0.2) is 11.6 Å². The first-order valence-electron chi connectivity index (χ1n) is 7.00. The lowest BCUT2D eigenvalue weighted by molar-refractivity contribution is -0.123. The molecule has 1 aliphatic rings. The Hall–Kier alpha value is -1.70. The molecule has 100 valence electrons. The molecule has 1 aromatic carbocycles. The minimum Gasteiger partial charge on any atom is -0.294 e. The average Bonchev–Trinajstić information content (AvgIpc) is 2.46. The van der Waals surface area contributed by atoms with Crippen molar-refractivity contribution in [2.24, 2.45) is 5.92 Å². The highest BCUT2D eigenvalue weighted by molar-refractivity contribution is 6.23. The molecule has 1 saturated carbocycles. The molecule has 0 unspecified atom stereocenters. The average molecular weight is 256 g/mol. The number of ketones is 2. The maximum Gasteiger partial charge on any atom is 0.169 e. The molecule has 0 saturated heterocycles. The van der Waals surface area contributed by atoms with Gasteiger partial charge in [-0.25, -0.2) is 0 Å². The zero-order chi connectivity index (χ0) is 13.7. The van der Waals surface area contributed by atoms with Crippen LogP contribution in [0.2, 0.25) is 0 Å². The molecule has 0 amide bonds. The number of rotatable bonds is 4. The summed E-state index contributed by atoms with van der Waals surface area (Å²) in [5, 5.41) is 0. The van der Waals surface area contributed by atoms with Crippen LogP contribution in [0.3, 0.4) is 0 Å². The van der Waals surface area contributed by atoms with Crippen LogP contribution >= 0.6 is 0 Å². The van der Waals surface area contributed by atoms with Crippen molar-refractivity contribution < 1.29 is 9.59 Å². The zero-order valence-electron chi connectivity index (χ0n) is 11.4. The predicted molar refractivity (Wildman–Crippen MR) is 76.7 cm³/mol. The van der Waals surface area contributed by atoms with Gasteiger partial charge in [0, 0.05) is 5.92 Å². The van der Waals surface area contributed by atoms with Crippen LogP contribution in [0.4, 0.5) is 0 Å². The lowest BCUT2D eigenvalue weighted by atomic mass is 9.82. The van der Waals surface area contributed by atoms with Crippen molar-refractivity contribution in [3.8, 4) is 0 Å². The topological polar surface area (TPSA) is 34.1 Å². The highest BCUT2D eigenvalue weighted by atomic mass is 16.1. The molecule has 0 N–H and O–H groups in total. The first kappa shape index (κ1) is 13.7. The number of hydrogen-bond acceptors (Lipinski definition) is 2. The molecule has 0 spiro atoms. The second-order valence-electron chi connectivity index (χ2n) is 5.22. The van der Waals surface area contributed by atoms with Gasteiger partial charge in [-0.3, -0.25) is 9.59 Å². The van der Waals surface area contributed by atoms with Crippen molar-refractivity contribution in [3.63, 3.8) is 0 Å². The van der Waals surface area contributed by atoms with Crippen molar-refractivity contribution in [2.45, 2.75) is 39.0 Å². The summed E-state index contributed by atoms with van der Waals surface area (Å²) in [5.74, 6) is -0.0388. The summed E-state index contributed by atoms with van der Waals surface area (Å²) in [6.07, 6.45) is 7.01. The highest BCUT2D eigenvalue weighted by Crippen LogP contribution is 2.27. The van der Waals surface area contributed by atoms with Crippen molar-refractivity contribution in [3.05, 3.63) is 41.5 Å². The van der Waals surface area contributed by atoms with Gasteiger partial charge in [-0.05, 0) is 31.4 Å². The molecule has 0 atom stereocenters. The Morgan fingerprint density at radius 2 is 1.68 bits per heavy atom. The molecular weight excluding hydrogens is 236 g/mol. The van der Waals surface area contributed by atoms with Gasteiger partial charge in [0.15, 0.2) is 11.6 Å². The minimum absolute atomic E-state index is 0.0380. The Morgan fingerprint density at radius 1 is 1.05 bits per heavy atom. The monoisotopic (exact) mass is 256 g/mol. The van der Waals surface area contributed by atoms with Crippen LogP contribution in [0.1, 0.15) is 44.6 Å². The molecule has 2 nitrogen and oxygen atoms in total. The molecule has 0 radical (unpaired) electrons. The fraction of sp³-hybridized carbons (Fsp3) is 0.412. The molecule has 2 heteroatoms. The number of benzene rings is 1. The van der Waals surface area contributed by atoms with E-state index in [-0.39, 0.29) is 17.5 Å². The van der Waals surface area contributed by atoms with Crippen molar-refractivity contribution in [1.82, 2.24) is 0 Å². The van der Waals surface area contributed by atoms with Crippen LogP contribution in [-0.2, 0) is 9.59 Å². The second-order valence-corrected chi connectivity index (χ2v) is 5.22. The summed E-state index contributed by atoms with van der Waals surface area (Å²) >= 11 is 0. The summed E-state index contributed by atoms with van der Waals surface area (Å²) in [6, 6.07) is 9.57. The van der Waals surface area contributed by atoms with E-state index in [2.05, 4.69) is 0 Å². The summed E-state index contributed by atoms with van der Waals surface area (Å²) < 4.78 is 0. The molecular formula is C17H20O2. The van der Waals surface area contributed by atoms with E-state index in [1.54, 1.807) is 6.08 Å². The van der Waals surface area contributed by atoms with Crippen LogP contribution in [0.5, 0.6) is 0 Å². The molecule has 1 aromatic rings. The van der Waals surface area contributed by atoms with Crippen LogP contribution in [0.25, 0.3) is 6.08 Å². The van der Waals surface area contributed by atoms with E-state index in [9.17, 15) is 9.59 Å². The van der Waals surface area contributed by atoms with Gasteiger partial charge in [-0.15, -0.1) is 0 Å². The molecule has 2 rings (SSSR count). The first-order chi connectivity index (χ1) is 9.18. The van der Waals surface area contributed by atoms with E-state index in [1.807, 2.05) is 30.3 Å². The molecule has 0 aromatic heterocycles. The zero-order valence-corrected chi connectivity index (χ0v) is 11.4. The van der Waals surface area contributed by atoms with E-state index in [0.29, 0.717) is 5.57 Å². The third kappa shape index (κ3) is 3.63.